The molecule has 10 heteroatoms. The molecule has 150 valence electrons. The normalized spacial score (nSPS) is 10.8. The van der Waals surface area contributed by atoms with Gasteiger partial charge in [-0.15, -0.1) is 0 Å². The summed E-state index contributed by atoms with van der Waals surface area (Å²) in [6.45, 7) is 1.53. The predicted octanol–water partition coefficient (Wildman–Crippen LogP) is 2.61. The van der Waals surface area contributed by atoms with E-state index in [1.165, 1.54) is 32.2 Å². The van der Waals surface area contributed by atoms with E-state index in [1.807, 2.05) is 0 Å². The van der Waals surface area contributed by atoms with Gasteiger partial charge in [0.2, 0.25) is 11.8 Å². The molecule has 2 aromatic rings. The Morgan fingerprint density at radius 2 is 1.86 bits per heavy atom. The molecule has 28 heavy (non-hydrogen) atoms. The summed E-state index contributed by atoms with van der Waals surface area (Å²) in [4.78, 5) is 22.6. The number of rotatable bonds is 8. The fourth-order valence-electron chi connectivity index (χ4n) is 2.29. The number of hydrogen-bond acceptors (Lipinski definition) is 5. The first-order valence-electron chi connectivity index (χ1n) is 8.22. The number of hydrogen-bond donors (Lipinski definition) is 3. The van der Waals surface area contributed by atoms with Crippen molar-refractivity contribution in [2.24, 2.45) is 0 Å². The van der Waals surface area contributed by atoms with Crippen molar-refractivity contribution < 1.29 is 22.7 Å². The number of anilines is 2. The Morgan fingerprint density at radius 3 is 2.54 bits per heavy atom. The minimum atomic E-state index is -4.03. The van der Waals surface area contributed by atoms with Crippen molar-refractivity contribution in [3.05, 3.63) is 47.5 Å². The number of carbonyl (C=O) groups excluding carboxylic acids is 2. The molecule has 0 aliphatic rings. The first-order chi connectivity index (χ1) is 13.2. The van der Waals surface area contributed by atoms with Gasteiger partial charge < -0.3 is 15.4 Å². The number of sulfonamides is 1. The van der Waals surface area contributed by atoms with Crippen molar-refractivity contribution in [3.63, 3.8) is 0 Å². The molecule has 0 bridgehead atoms. The quantitative estimate of drug-likeness (QED) is 0.601. The fourth-order valence-corrected chi connectivity index (χ4v) is 3.89. The van der Waals surface area contributed by atoms with Crippen LogP contribution in [0.2, 0.25) is 5.02 Å². The number of halogens is 1. The highest BCUT2D eigenvalue weighted by molar-refractivity contribution is 7.92. The van der Waals surface area contributed by atoms with Gasteiger partial charge in [-0.1, -0.05) is 23.7 Å². The maximum atomic E-state index is 12.8. The number of amides is 2. The number of para-hydroxylation sites is 2. The lowest BCUT2D eigenvalue weighted by Gasteiger charge is -2.14. The van der Waals surface area contributed by atoms with Crippen molar-refractivity contribution in [3.8, 4) is 5.75 Å². The lowest BCUT2D eigenvalue weighted by atomic mass is 10.3. The summed E-state index contributed by atoms with van der Waals surface area (Å²) in [5.74, 6) is -0.267. The van der Waals surface area contributed by atoms with Gasteiger partial charge >= 0.3 is 0 Å². The van der Waals surface area contributed by atoms with Gasteiger partial charge in [0.05, 0.1) is 17.8 Å². The number of ether oxygens (including phenoxy) is 1. The van der Waals surface area contributed by atoms with Crippen LogP contribution in [-0.4, -0.2) is 33.9 Å². The summed E-state index contributed by atoms with van der Waals surface area (Å²) in [7, 11) is -2.61. The molecule has 0 heterocycles. The third kappa shape index (κ3) is 5.86. The van der Waals surface area contributed by atoms with Crippen LogP contribution < -0.4 is 20.1 Å². The standard InChI is InChI=1S/C18H20ClN3O5S/c1-12(23)20-10-9-18(24)21-13-7-8-14(19)17(11-13)28(25,26)22-15-5-3-4-6-16(15)27-2/h3-8,11,22H,9-10H2,1-2H3,(H,20,23)(H,21,24). The van der Waals surface area contributed by atoms with E-state index in [0.29, 0.717) is 5.75 Å². The van der Waals surface area contributed by atoms with Crippen molar-refractivity contribution in [1.29, 1.82) is 0 Å². The lowest BCUT2D eigenvalue weighted by molar-refractivity contribution is -0.119. The number of benzene rings is 2. The highest BCUT2D eigenvalue weighted by atomic mass is 35.5. The van der Waals surface area contributed by atoms with Crippen molar-refractivity contribution in [1.82, 2.24) is 5.32 Å². The van der Waals surface area contributed by atoms with E-state index in [2.05, 4.69) is 15.4 Å². The first-order valence-corrected chi connectivity index (χ1v) is 10.1. The molecule has 3 N–H and O–H groups in total. The molecule has 2 rings (SSSR count). The van der Waals surface area contributed by atoms with Crippen molar-refractivity contribution in [2.45, 2.75) is 18.2 Å². The minimum absolute atomic E-state index is 0.00126. The molecule has 2 amide bonds. The van der Waals surface area contributed by atoms with Crippen LogP contribution in [0.15, 0.2) is 47.4 Å². The van der Waals surface area contributed by atoms with Gasteiger partial charge in [-0.2, -0.15) is 0 Å². The topological polar surface area (TPSA) is 114 Å². The van der Waals surface area contributed by atoms with Crippen LogP contribution >= 0.6 is 11.6 Å². The van der Waals surface area contributed by atoms with Crippen LogP contribution in [0, 0.1) is 0 Å². The Balaban J connectivity index is 2.19. The second-order valence-electron chi connectivity index (χ2n) is 5.73. The molecular weight excluding hydrogens is 406 g/mol. The van der Waals surface area contributed by atoms with Gasteiger partial charge in [0.25, 0.3) is 10.0 Å². The zero-order valence-electron chi connectivity index (χ0n) is 15.3. The monoisotopic (exact) mass is 425 g/mol. The maximum absolute atomic E-state index is 12.8. The van der Waals surface area contributed by atoms with Gasteiger partial charge in [-0.3, -0.25) is 14.3 Å². The molecule has 8 nitrogen and oxygen atoms in total. The van der Waals surface area contributed by atoms with E-state index in [0.717, 1.165) is 0 Å². The molecule has 2 aromatic carbocycles. The summed E-state index contributed by atoms with van der Waals surface area (Å²) in [6, 6.07) is 10.7. The average Bonchev–Trinajstić information content (AvgIpc) is 2.63. The molecule has 0 fully saturated rings. The Labute approximate surface area is 168 Å². The van der Waals surface area contributed by atoms with Gasteiger partial charge in [0.15, 0.2) is 0 Å². The van der Waals surface area contributed by atoms with E-state index < -0.39 is 10.0 Å². The second kappa shape index (κ2) is 9.43. The van der Waals surface area contributed by atoms with Crippen LogP contribution in [0.25, 0.3) is 0 Å². The molecule has 0 saturated heterocycles. The van der Waals surface area contributed by atoms with Crippen LogP contribution in [0.3, 0.4) is 0 Å². The molecule has 0 unspecified atom stereocenters. The van der Waals surface area contributed by atoms with Crippen LogP contribution in [-0.2, 0) is 19.6 Å². The van der Waals surface area contributed by atoms with Gasteiger partial charge in [-0.05, 0) is 30.3 Å². The lowest BCUT2D eigenvalue weighted by Crippen LogP contribution is -2.25. The van der Waals surface area contributed by atoms with Crippen LogP contribution in [0.4, 0.5) is 11.4 Å². The number of nitrogens with one attached hydrogen (secondary N) is 3. The number of methoxy groups -OCH3 is 1. The van der Waals surface area contributed by atoms with E-state index in [1.54, 1.807) is 24.3 Å². The molecule has 0 aromatic heterocycles. The second-order valence-corrected chi connectivity index (χ2v) is 7.79. The van der Waals surface area contributed by atoms with E-state index >= 15 is 0 Å². The maximum Gasteiger partial charge on any atom is 0.263 e. The Kier molecular flexibility index (Phi) is 7.24. The fraction of sp³-hybridized carbons (Fsp3) is 0.222. The van der Waals surface area contributed by atoms with Crippen LogP contribution in [0.1, 0.15) is 13.3 Å². The van der Waals surface area contributed by atoms with Gasteiger partial charge in [0.1, 0.15) is 10.6 Å². The third-order valence-corrected chi connectivity index (χ3v) is 5.43. The van der Waals surface area contributed by atoms with E-state index in [4.69, 9.17) is 16.3 Å². The van der Waals surface area contributed by atoms with Crippen molar-refractivity contribution in [2.75, 3.05) is 23.7 Å². The molecule has 0 aliphatic carbocycles. The smallest absolute Gasteiger partial charge is 0.263 e. The molecule has 0 aliphatic heterocycles. The zero-order chi connectivity index (χ0) is 20.7. The number of carbonyl (C=O) groups is 2. The summed E-state index contributed by atoms with van der Waals surface area (Å²) >= 11 is 6.07. The molecular formula is C18H20ClN3O5S. The molecule has 0 saturated carbocycles. The third-order valence-electron chi connectivity index (χ3n) is 3.58. The zero-order valence-corrected chi connectivity index (χ0v) is 16.9. The largest absolute Gasteiger partial charge is 0.495 e. The summed E-state index contributed by atoms with van der Waals surface area (Å²) < 4.78 is 33.1. The molecule has 0 spiro atoms. The SMILES string of the molecule is COc1ccccc1NS(=O)(=O)c1cc(NC(=O)CCNC(C)=O)ccc1Cl. The summed E-state index contributed by atoms with van der Waals surface area (Å²) in [5.41, 5.74) is 0.517. The van der Waals surface area contributed by atoms with E-state index in [9.17, 15) is 18.0 Å². The van der Waals surface area contributed by atoms with Gasteiger partial charge in [0, 0.05) is 25.6 Å². The first kappa shape index (κ1) is 21.5. The summed E-state index contributed by atoms with van der Waals surface area (Å²) in [6.07, 6.45) is 0.0454. The van der Waals surface area contributed by atoms with Gasteiger partial charge in [-0.25, -0.2) is 8.42 Å². The highest BCUT2D eigenvalue weighted by Crippen LogP contribution is 2.30. The average molecular weight is 426 g/mol. The van der Waals surface area contributed by atoms with E-state index in [-0.39, 0.29) is 46.1 Å². The Bertz CT molecular complexity index is 979. The Hall–Kier alpha value is -2.78. The predicted molar refractivity (Wildman–Crippen MR) is 107 cm³/mol. The highest BCUT2D eigenvalue weighted by Gasteiger charge is 2.20. The minimum Gasteiger partial charge on any atom is -0.495 e. The summed E-state index contributed by atoms with van der Waals surface area (Å²) in [5, 5.41) is 5.08. The molecule has 0 atom stereocenters. The van der Waals surface area contributed by atoms with Crippen LogP contribution in [0.5, 0.6) is 5.75 Å². The van der Waals surface area contributed by atoms with Crippen molar-refractivity contribution >= 4 is 44.8 Å². The molecule has 0 radical (unpaired) electrons. The Morgan fingerprint density at radius 1 is 1.14 bits per heavy atom.